The van der Waals surface area contributed by atoms with E-state index in [1.807, 2.05) is 0 Å². The lowest BCUT2D eigenvalue weighted by Gasteiger charge is -2.25. The second-order valence-electron chi connectivity index (χ2n) is 3.77. The molecule has 0 bridgehead atoms. The van der Waals surface area contributed by atoms with Crippen molar-refractivity contribution in [3.8, 4) is 0 Å². The van der Waals surface area contributed by atoms with Gasteiger partial charge in [0.05, 0.1) is 18.1 Å². The first-order valence-corrected chi connectivity index (χ1v) is 5.13. The Hall–Kier alpha value is -1.16. The highest BCUT2D eigenvalue weighted by Gasteiger charge is 2.10. The highest BCUT2D eigenvalue weighted by Crippen LogP contribution is 2.11. The van der Waals surface area contributed by atoms with Crippen LogP contribution in [-0.2, 0) is 6.54 Å². The third-order valence-electron chi connectivity index (χ3n) is 2.56. The van der Waals surface area contributed by atoms with Crippen molar-refractivity contribution in [2.45, 2.75) is 25.8 Å². The lowest BCUT2D eigenvalue weighted by Crippen LogP contribution is -2.29. The van der Waals surface area contributed by atoms with Gasteiger partial charge in [-0.1, -0.05) is 6.42 Å². The number of nitrogen functional groups attached to an aromatic ring is 1. The van der Waals surface area contributed by atoms with E-state index in [4.69, 9.17) is 5.73 Å². The third-order valence-corrected chi connectivity index (χ3v) is 2.56. The maximum atomic E-state index is 5.47. The Morgan fingerprint density at radius 2 is 1.93 bits per heavy atom. The van der Waals surface area contributed by atoms with E-state index in [9.17, 15) is 0 Å². The molecule has 2 heterocycles. The molecule has 1 fully saturated rings. The Labute approximate surface area is 84.2 Å². The van der Waals surface area contributed by atoms with E-state index in [1.165, 1.54) is 32.4 Å². The fourth-order valence-electron chi connectivity index (χ4n) is 1.79. The molecule has 2 N–H and O–H groups in total. The molecule has 1 aromatic heterocycles. The summed E-state index contributed by atoms with van der Waals surface area (Å²) in [6.45, 7) is 3.28. The van der Waals surface area contributed by atoms with Crippen molar-refractivity contribution in [1.82, 2.24) is 14.9 Å². The molecule has 1 saturated heterocycles. The minimum Gasteiger partial charge on any atom is -0.382 e. The van der Waals surface area contributed by atoms with Crippen LogP contribution in [0.4, 0.5) is 5.82 Å². The minimum atomic E-state index is 0.493. The first-order valence-electron chi connectivity index (χ1n) is 5.13. The van der Waals surface area contributed by atoms with Crippen LogP contribution in [0, 0.1) is 0 Å². The number of piperidine rings is 1. The van der Waals surface area contributed by atoms with Gasteiger partial charge in [-0.25, -0.2) is 4.98 Å². The summed E-state index contributed by atoms with van der Waals surface area (Å²) >= 11 is 0. The van der Waals surface area contributed by atoms with Gasteiger partial charge in [-0.3, -0.25) is 9.88 Å². The average Bonchev–Trinajstić information content (AvgIpc) is 2.23. The van der Waals surface area contributed by atoms with Crippen molar-refractivity contribution in [3.05, 3.63) is 18.1 Å². The standard InChI is InChI=1S/C10H16N4/c11-10-7-12-9(6-13-10)8-14-4-2-1-3-5-14/h6-7H,1-5,8H2,(H2,11,13). The van der Waals surface area contributed by atoms with Crippen LogP contribution in [0.1, 0.15) is 25.0 Å². The molecule has 0 aliphatic carbocycles. The van der Waals surface area contributed by atoms with Crippen LogP contribution >= 0.6 is 0 Å². The Morgan fingerprint density at radius 3 is 2.57 bits per heavy atom. The van der Waals surface area contributed by atoms with Crippen LogP contribution in [-0.4, -0.2) is 28.0 Å². The first kappa shape index (κ1) is 9.40. The molecule has 0 aromatic carbocycles. The zero-order valence-electron chi connectivity index (χ0n) is 8.32. The summed E-state index contributed by atoms with van der Waals surface area (Å²) in [6, 6.07) is 0. The monoisotopic (exact) mass is 192 g/mol. The first-order chi connectivity index (χ1) is 6.84. The van der Waals surface area contributed by atoms with Gasteiger partial charge in [0.15, 0.2) is 0 Å². The van der Waals surface area contributed by atoms with Crippen molar-refractivity contribution in [2.75, 3.05) is 18.8 Å². The second-order valence-corrected chi connectivity index (χ2v) is 3.77. The van der Waals surface area contributed by atoms with Gasteiger partial charge in [0, 0.05) is 6.54 Å². The lowest BCUT2D eigenvalue weighted by atomic mass is 10.1. The van der Waals surface area contributed by atoms with Crippen molar-refractivity contribution >= 4 is 5.82 Å². The maximum Gasteiger partial charge on any atom is 0.141 e. The number of rotatable bonds is 2. The van der Waals surface area contributed by atoms with Gasteiger partial charge >= 0.3 is 0 Å². The molecule has 1 aliphatic heterocycles. The Kier molecular flexibility index (Phi) is 2.93. The quantitative estimate of drug-likeness (QED) is 0.760. The van der Waals surface area contributed by atoms with Gasteiger partial charge in [-0.2, -0.15) is 0 Å². The second kappa shape index (κ2) is 4.37. The van der Waals surface area contributed by atoms with E-state index in [-0.39, 0.29) is 0 Å². The molecule has 76 valence electrons. The molecule has 4 heteroatoms. The maximum absolute atomic E-state index is 5.47. The topological polar surface area (TPSA) is 55.0 Å². The minimum absolute atomic E-state index is 0.493. The SMILES string of the molecule is Nc1cnc(CN2CCCCC2)cn1. The van der Waals surface area contributed by atoms with E-state index in [0.717, 1.165) is 12.2 Å². The Morgan fingerprint density at radius 1 is 1.14 bits per heavy atom. The lowest BCUT2D eigenvalue weighted by molar-refractivity contribution is 0.218. The van der Waals surface area contributed by atoms with Crippen molar-refractivity contribution in [2.24, 2.45) is 0 Å². The summed E-state index contributed by atoms with van der Waals surface area (Å²) in [7, 11) is 0. The molecule has 1 aliphatic rings. The predicted molar refractivity (Wildman–Crippen MR) is 55.6 cm³/mol. The highest BCUT2D eigenvalue weighted by molar-refractivity contribution is 5.22. The fourth-order valence-corrected chi connectivity index (χ4v) is 1.79. The van der Waals surface area contributed by atoms with Crippen molar-refractivity contribution in [1.29, 1.82) is 0 Å². The molecular weight excluding hydrogens is 176 g/mol. The van der Waals surface area contributed by atoms with E-state index < -0.39 is 0 Å². The van der Waals surface area contributed by atoms with Gasteiger partial charge < -0.3 is 5.73 Å². The number of nitrogens with two attached hydrogens (primary N) is 1. The summed E-state index contributed by atoms with van der Waals surface area (Å²) in [5.74, 6) is 0.493. The third kappa shape index (κ3) is 2.42. The summed E-state index contributed by atoms with van der Waals surface area (Å²) in [4.78, 5) is 10.7. The van der Waals surface area contributed by atoms with Crippen LogP contribution in [0.15, 0.2) is 12.4 Å². The summed E-state index contributed by atoms with van der Waals surface area (Å²) in [6.07, 6.45) is 7.37. The summed E-state index contributed by atoms with van der Waals surface area (Å²) in [5, 5.41) is 0. The van der Waals surface area contributed by atoms with Crippen molar-refractivity contribution < 1.29 is 0 Å². The molecule has 0 atom stereocenters. The smallest absolute Gasteiger partial charge is 0.141 e. The molecule has 0 spiro atoms. The van der Waals surface area contributed by atoms with Crippen LogP contribution < -0.4 is 5.73 Å². The molecule has 1 aromatic rings. The number of nitrogens with zero attached hydrogens (tertiary/aromatic N) is 3. The van der Waals surface area contributed by atoms with Crippen LogP contribution in [0.25, 0.3) is 0 Å². The molecule has 0 radical (unpaired) electrons. The van der Waals surface area contributed by atoms with E-state index in [1.54, 1.807) is 12.4 Å². The highest BCUT2D eigenvalue weighted by atomic mass is 15.1. The molecule has 4 nitrogen and oxygen atoms in total. The molecule has 14 heavy (non-hydrogen) atoms. The summed E-state index contributed by atoms with van der Waals surface area (Å²) < 4.78 is 0. The average molecular weight is 192 g/mol. The Bertz CT molecular complexity index is 277. The molecule has 0 unspecified atom stereocenters. The Balaban J connectivity index is 1.92. The van der Waals surface area contributed by atoms with Gasteiger partial charge in [-0.15, -0.1) is 0 Å². The van der Waals surface area contributed by atoms with E-state index in [2.05, 4.69) is 14.9 Å². The zero-order chi connectivity index (χ0) is 9.80. The number of anilines is 1. The number of likely N-dealkylation sites (tertiary alicyclic amines) is 1. The van der Waals surface area contributed by atoms with Gasteiger partial charge in [-0.05, 0) is 25.9 Å². The van der Waals surface area contributed by atoms with E-state index in [0.29, 0.717) is 5.82 Å². The molecule has 0 saturated carbocycles. The number of hydrogen-bond acceptors (Lipinski definition) is 4. The van der Waals surface area contributed by atoms with Crippen LogP contribution in [0.3, 0.4) is 0 Å². The van der Waals surface area contributed by atoms with Crippen molar-refractivity contribution in [3.63, 3.8) is 0 Å². The van der Waals surface area contributed by atoms with Gasteiger partial charge in [0.1, 0.15) is 5.82 Å². The largest absolute Gasteiger partial charge is 0.382 e. The van der Waals surface area contributed by atoms with Gasteiger partial charge in [0.25, 0.3) is 0 Å². The van der Waals surface area contributed by atoms with E-state index >= 15 is 0 Å². The van der Waals surface area contributed by atoms with Crippen LogP contribution in [0.5, 0.6) is 0 Å². The normalized spacial score (nSPS) is 18.3. The summed E-state index contributed by atoms with van der Waals surface area (Å²) in [5.41, 5.74) is 6.49. The predicted octanol–water partition coefficient (Wildman–Crippen LogP) is 1.04. The van der Waals surface area contributed by atoms with Crippen LogP contribution in [0.2, 0.25) is 0 Å². The molecule has 0 amide bonds. The van der Waals surface area contributed by atoms with Gasteiger partial charge in [0.2, 0.25) is 0 Å². The number of aromatic nitrogens is 2. The zero-order valence-corrected chi connectivity index (χ0v) is 8.32. The molecule has 2 rings (SSSR count). The number of hydrogen-bond donors (Lipinski definition) is 1. The molecular formula is C10H16N4. The fraction of sp³-hybridized carbons (Fsp3) is 0.600.